The van der Waals surface area contributed by atoms with Crippen LogP contribution in [0.3, 0.4) is 0 Å². The summed E-state index contributed by atoms with van der Waals surface area (Å²) < 4.78 is 13.0. The van der Waals surface area contributed by atoms with Gasteiger partial charge in [0.15, 0.2) is 0 Å². The molecular formula is C22H18ClFN2OS. The molecule has 0 fully saturated rings. The maximum atomic E-state index is 13.0. The van der Waals surface area contributed by atoms with Crippen LogP contribution < -0.4 is 5.43 Å². The van der Waals surface area contributed by atoms with Gasteiger partial charge in [-0.15, -0.1) is 11.8 Å². The van der Waals surface area contributed by atoms with Crippen molar-refractivity contribution >= 4 is 35.0 Å². The maximum Gasteiger partial charge on any atom is 0.271 e. The molecule has 6 heteroatoms. The lowest BCUT2D eigenvalue weighted by Crippen LogP contribution is -2.19. The molecule has 3 nitrogen and oxygen atoms in total. The topological polar surface area (TPSA) is 41.5 Å². The number of nitrogens with one attached hydrogen (secondary N) is 1. The van der Waals surface area contributed by atoms with Crippen LogP contribution >= 0.6 is 23.4 Å². The highest BCUT2D eigenvalue weighted by Gasteiger charge is 2.06. The number of rotatable bonds is 6. The van der Waals surface area contributed by atoms with Crippen LogP contribution in [0.5, 0.6) is 0 Å². The van der Waals surface area contributed by atoms with E-state index in [1.807, 2.05) is 36.4 Å². The van der Waals surface area contributed by atoms with E-state index in [9.17, 15) is 9.18 Å². The molecule has 0 spiro atoms. The molecule has 3 aromatic rings. The predicted octanol–water partition coefficient (Wildman–Crippen LogP) is 5.93. The smallest absolute Gasteiger partial charge is 0.267 e. The molecule has 0 saturated carbocycles. The van der Waals surface area contributed by atoms with Crippen LogP contribution in [-0.2, 0) is 5.75 Å². The second-order valence-electron chi connectivity index (χ2n) is 6.08. The second kappa shape index (κ2) is 9.53. The van der Waals surface area contributed by atoms with Gasteiger partial charge in [-0.3, -0.25) is 4.79 Å². The van der Waals surface area contributed by atoms with E-state index in [1.54, 1.807) is 43.0 Å². The van der Waals surface area contributed by atoms with E-state index < -0.39 is 0 Å². The number of carbonyl (C=O) groups is 1. The van der Waals surface area contributed by atoms with Gasteiger partial charge < -0.3 is 0 Å². The first-order valence-electron chi connectivity index (χ1n) is 8.59. The standard InChI is InChI=1S/C22H18ClFN2OS/c1-15(17-6-10-20(24)11-7-17)25-26-22(27)18-4-2-16(3-5-18)14-28-21-12-8-19(23)9-13-21/h2-13H,14H2,1H3,(H,26,27)/b25-15-. The summed E-state index contributed by atoms with van der Waals surface area (Å²) in [4.78, 5) is 13.4. The Morgan fingerprint density at radius 3 is 2.21 bits per heavy atom. The van der Waals surface area contributed by atoms with Gasteiger partial charge in [0.25, 0.3) is 5.91 Å². The highest BCUT2D eigenvalue weighted by Crippen LogP contribution is 2.24. The van der Waals surface area contributed by atoms with Crippen molar-refractivity contribution in [1.29, 1.82) is 0 Å². The molecule has 1 N–H and O–H groups in total. The minimum Gasteiger partial charge on any atom is -0.267 e. The number of hydrogen-bond acceptors (Lipinski definition) is 3. The van der Waals surface area contributed by atoms with Crippen LogP contribution in [0.15, 0.2) is 82.8 Å². The molecule has 28 heavy (non-hydrogen) atoms. The lowest BCUT2D eigenvalue weighted by molar-refractivity contribution is 0.0955. The molecule has 0 bridgehead atoms. The Labute approximate surface area is 172 Å². The Kier molecular flexibility index (Phi) is 6.85. The van der Waals surface area contributed by atoms with E-state index in [0.717, 1.165) is 26.8 Å². The number of halogens is 2. The van der Waals surface area contributed by atoms with Gasteiger partial charge in [0.2, 0.25) is 0 Å². The molecule has 0 aliphatic rings. The van der Waals surface area contributed by atoms with Gasteiger partial charge in [0.05, 0.1) is 5.71 Å². The molecule has 142 valence electrons. The molecule has 0 unspecified atom stereocenters. The number of hydrogen-bond donors (Lipinski definition) is 1. The molecule has 0 atom stereocenters. The second-order valence-corrected chi connectivity index (χ2v) is 7.57. The van der Waals surface area contributed by atoms with Crippen molar-refractivity contribution in [2.45, 2.75) is 17.6 Å². The van der Waals surface area contributed by atoms with Gasteiger partial charge in [-0.1, -0.05) is 35.9 Å². The van der Waals surface area contributed by atoms with E-state index in [2.05, 4.69) is 10.5 Å². The zero-order valence-electron chi connectivity index (χ0n) is 15.2. The highest BCUT2D eigenvalue weighted by atomic mass is 35.5. The molecule has 3 aromatic carbocycles. The fourth-order valence-electron chi connectivity index (χ4n) is 2.40. The van der Waals surface area contributed by atoms with Gasteiger partial charge in [0, 0.05) is 21.2 Å². The number of carbonyl (C=O) groups excluding carboxylic acids is 1. The third kappa shape index (κ3) is 5.68. The SMILES string of the molecule is C/C(=N/NC(=O)c1ccc(CSc2ccc(Cl)cc2)cc1)c1ccc(F)cc1. The number of amides is 1. The Hall–Kier alpha value is -2.63. The van der Waals surface area contributed by atoms with Gasteiger partial charge in [0.1, 0.15) is 5.82 Å². The van der Waals surface area contributed by atoms with Crippen LogP contribution in [0.1, 0.15) is 28.4 Å². The summed E-state index contributed by atoms with van der Waals surface area (Å²) in [5, 5.41) is 4.81. The van der Waals surface area contributed by atoms with E-state index in [4.69, 9.17) is 11.6 Å². The minimum absolute atomic E-state index is 0.293. The summed E-state index contributed by atoms with van der Waals surface area (Å²) in [5.41, 5.74) is 5.52. The fourth-order valence-corrected chi connectivity index (χ4v) is 3.38. The van der Waals surface area contributed by atoms with Crippen molar-refractivity contribution in [3.05, 3.63) is 100 Å². The van der Waals surface area contributed by atoms with Crippen LogP contribution in [0.2, 0.25) is 5.02 Å². The molecule has 0 saturated heterocycles. The Morgan fingerprint density at radius 1 is 0.964 bits per heavy atom. The van der Waals surface area contributed by atoms with Crippen LogP contribution in [0.25, 0.3) is 0 Å². The maximum absolute atomic E-state index is 13.0. The number of thioether (sulfide) groups is 1. The molecule has 0 aliphatic carbocycles. The van der Waals surface area contributed by atoms with Crippen LogP contribution in [0, 0.1) is 5.82 Å². The first kappa shape index (κ1) is 20.1. The van der Waals surface area contributed by atoms with Crippen molar-refractivity contribution in [2.75, 3.05) is 0 Å². The Bertz CT molecular complexity index is 971. The molecule has 0 aromatic heterocycles. The van der Waals surface area contributed by atoms with Gasteiger partial charge >= 0.3 is 0 Å². The van der Waals surface area contributed by atoms with E-state index in [1.165, 1.54) is 12.1 Å². The number of nitrogens with zero attached hydrogens (tertiary/aromatic N) is 1. The Morgan fingerprint density at radius 2 is 1.57 bits per heavy atom. The summed E-state index contributed by atoms with van der Waals surface area (Å²) in [6, 6.07) is 21.0. The minimum atomic E-state index is -0.310. The summed E-state index contributed by atoms with van der Waals surface area (Å²) >= 11 is 7.59. The normalized spacial score (nSPS) is 11.3. The summed E-state index contributed by atoms with van der Waals surface area (Å²) in [5.74, 6) is 0.194. The summed E-state index contributed by atoms with van der Waals surface area (Å²) in [7, 11) is 0. The average molecular weight is 413 g/mol. The van der Waals surface area contributed by atoms with Crippen molar-refractivity contribution in [2.24, 2.45) is 5.10 Å². The fraction of sp³-hybridized carbons (Fsp3) is 0.0909. The molecule has 0 heterocycles. The van der Waals surface area contributed by atoms with E-state index in [-0.39, 0.29) is 11.7 Å². The molecule has 3 rings (SSSR count). The first-order chi connectivity index (χ1) is 13.5. The highest BCUT2D eigenvalue weighted by molar-refractivity contribution is 7.98. The number of benzene rings is 3. The molecular weight excluding hydrogens is 395 g/mol. The monoisotopic (exact) mass is 412 g/mol. The quantitative estimate of drug-likeness (QED) is 0.310. The first-order valence-corrected chi connectivity index (χ1v) is 9.95. The molecule has 0 radical (unpaired) electrons. The van der Waals surface area contributed by atoms with E-state index in [0.29, 0.717) is 11.3 Å². The van der Waals surface area contributed by atoms with Crippen LogP contribution in [-0.4, -0.2) is 11.6 Å². The van der Waals surface area contributed by atoms with E-state index >= 15 is 0 Å². The zero-order chi connectivity index (χ0) is 19.9. The van der Waals surface area contributed by atoms with Gasteiger partial charge in [-0.05, 0) is 66.6 Å². The average Bonchev–Trinajstić information content (AvgIpc) is 2.72. The molecule has 0 aliphatic heterocycles. The largest absolute Gasteiger partial charge is 0.271 e. The lowest BCUT2D eigenvalue weighted by Gasteiger charge is -2.05. The predicted molar refractivity (Wildman–Crippen MR) is 114 cm³/mol. The summed E-state index contributed by atoms with van der Waals surface area (Å²) in [6.07, 6.45) is 0. The third-order valence-corrected chi connectivity index (χ3v) is 5.36. The Balaban J connectivity index is 1.56. The van der Waals surface area contributed by atoms with Crippen molar-refractivity contribution in [3.63, 3.8) is 0 Å². The van der Waals surface area contributed by atoms with Crippen molar-refractivity contribution in [3.8, 4) is 0 Å². The zero-order valence-corrected chi connectivity index (χ0v) is 16.7. The molecule has 1 amide bonds. The summed E-state index contributed by atoms with van der Waals surface area (Å²) in [6.45, 7) is 1.75. The van der Waals surface area contributed by atoms with Crippen LogP contribution in [0.4, 0.5) is 4.39 Å². The third-order valence-electron chi connectivity index (χ3n) is 4.02. The number of hydrazone groups is 1. The lowest BCUT2D eigenvalue weighted by atomic mass is 10.1. The van der Waals surface area contributed by atoms with Crippen molar-refractivity contribution in [1.82, 2.24) is 5.43 Å². The van der Waals surface area contributed by atoms with Crippen molar-refractivity contribution < 1.29 is 9.18 Å². The van der Waals surface area contributed by atoms with Gasteiger partial charge in [-0.25, -0.2) is 9.82 Å². The van der Waals surface area contributed by atoms with Gasteiger partial charge in [-0.2, -0.15) is 5.10 Å².